The number of aliphatic hydroxyl groups is 1. The van der Waals surface area contributed by atoms with Crippen molar-refractivity contribution in [2.45, 2.75) is 13.0 Å². The van der Waals surface area contributed by atoms with Crippen molar-refractivity contribution in [1.82, 2.24) is 0 Å². The summed E-state index contributed by atoms with van der Waals surface area (Å²) in [6.45, 7) is 1.89. The first-order chi connectivity index (χ1) is 16.8. The number of nitrogens with zero attached hydrogens (tertiary/aromatic N) is 2. The van der Waals surface area contributed by atoms with Crippen molar-refractivity contribution in [2.24, 2.45) is 0 Å². The lowest BCUT2D eigenvalue weighted by molar-refractivity contribution is -0.384. The molecule has 1 unspecified atom stereocenters. The van der Waals surface area contributed by atoms with E-state index in [9.17, 15) is 29.6 Å². The van der Waals surface area contributed by atoms with Gasteiger partial charge in [0.05, 0.1) is 28.7 Å². The minimum Gasteiger partial charge on any atom is -0.507 e. The van der Waals surface area contributed by atoms with Gasteiger partial charge in [-0.15, -0.1) is 0 Å². The lowest BCUT2D eigenvalue weighted by Crippen LogP contribution is -2.29. The SMILES string of the molecule is CCOC(=O)c1ccc(N2C(=O)C(=O)C(=C(O)c3ccccc3)C2c2ccc([N+](=O)[O-])cc2)cc1. The summed E-state index contributed by atoms with van der Waals surface area (Å²) in [4.78, 5) is 50.1. The molecule has 1 fully saturated rings. The van der Waals surface area contributed by atoms with Gasteiger partial charge in [0.1, 0.15) is 5.76 Å². The van der Waals surface area contributed by atoms with Crippen molar-refractivity contribution in [3.63, 3.8) is 0 Å². The predicted molar refractivity (Wildman–Crippen MR) is 127 cm³/mol. The fraction of sp³-hybridized carbons (Fsp3) is 0.115. The Balaban J connectivity index is 1.86. The van der Waals surface area contributed by atoms with Gasteiger partial charge in [-0.3, -0.25) is 24.6 Å². The molecule has 176 valence electrons. The number of ketones is 1. The fourth-order valence-corrected chi connectivity index (χ4v) is 3.92. The highest BCUT2D eigenvalue weighted by Gasteiger charge is 2.47. The average Bonchev–Trinajstić information content (AvgIpc) is 3.14. The zero-order valence-corrected chi connectivity index (χ0v) is 18.6. The van der Waals surface area contributed by atoms with Crippen molar-refractivity contribution in [2.75, 3.05) is 11.5 Å². The molecular weight excluding hydrogens is 452 g/mol. The van der Waals surface area contributed by atoms with Crippen LogP contribution in [0.5, 0.6) is 0 Å². The Morgan fingerprint density at radius 2 is 1.60 bits per heavy atom. The number of esters is 1. The Morgan fingerprint density at radius 3 is 2.17 bits per heavy atom. The topological polar surface area (TPSA) is 127 Å². The van der Waals surface area contributed by atoms with E-state index < -0.39 is 28.6 Å². The molecule has 1 saturated heterocycles. The first-order valence-corrected chi connectivity index (χ1v) is 10.7. The Morgan fingerprint density at radius 1 is 0.971 bits per heavy atom. The molecule has 9 heteroatoms. The summed E-state index contributed by atoms with van der Waals surface area (Å²) in [6, 6.07) is 18.6. The van der Waals surface area contributed by atoms with Gasteiger partial charge in [-0.05, 0) is 48.9 Å². The van der Waals surface area contributed by atoms with Crippen LogP contribution in [0.25, 0.3) is 5.76 Å². The van der Waals surface area contributed by atoms with E-state index in [-0.39, 0.29) is 29.2 Å². The van der Waals surface area contributed by atoms with Gasteiger partial charge >= 0.3 is 5.97 Å². The number of ether oxygens (including phenoxy) is 1. The molecule has 1 heterocycles. The molecule has 0 radical (unpaired) electrons. The number of aliphatic hydroxyl groups excluding tert-OH is 1. The Hall–Kier alpha value is -4.79. The maximum atomic E-state index is 13.2. The zero-order chi connectivity index (χ0) is 25.1. The average molecular weight is 472 g/mol. The Labute approximate surface area is 200 Å². The maximum absolute atomic E-state index is 13.2. The molecule has 0 aromatic heterocycles. The van der Waals surface area contributed by atoms with Gasteiger partial charge in [-0.25, -0.2) is 4.79 Å². The molecule has 9 nitrogen and oxygen atoms in total. The van der Waals surface area contributed by atoms with E-state index >= 15 is 0 Å². The highest BCUT2D eigenvalue weighted by Crippen LogP contribution is 2.42. The second kappa shape index (κ2) is 9.60. The number of non-ortho nitro benzene ring substituents is 1. The van der Waals surface area contributed by atoms with Crippen LogP contribution in [-0.2, 0) is 14.3 Å². The first-order valence-electron chi connectivity index (χ1n) is 10.7. The molecule has 0 aliphatic carbocycles. The smallest absolute Gasteiger partial charge is 0.338 e. The Bertz CT molecular complexity index is 1330. The molecule has 1 atom stereocenters. The van der Waals surface area contributed by atoms with Crippen molar-refractivity contribution in [3.8, 4) is 0 Å². The van der Waals surface area contributed by atoms with E-state index in [4.69, 9.17) is 4.74 Å². The van der Waals surface area contributed by atoms with E-state index in [1.165, 1.54) is 53.4 Å². The minimum absolute atomic E-state index is 0.149. The fourth-order valence-electron chi connectivity index (χ4n) is 3.92. The highest BCUT2D eigenvalue weighted by atomic mass is 16.6. The van der Waals surface area contributed by atoms with Crippen molar-refractivity contribution < 1.29 is 29.2 Å². The molecule has 0 spiro atoms. The second-order valence-electron chi connectivity index (χ2n) is 7.65. The standard InChI is InChI=1S/C26H20N2O7/c1-2-35-26(32)18-10-12-19(13-11-18)27-22(16-8-14-20(15-9-16)28(33)34)21(24(30)25(27)31)23(29)17-6-4-3-5-7-17/h3-15,22,29H,2H2,1H3. The second-order valence-corrected chi connectivity index (χ2v) is 7.65. The third kappa shape index (κ3) is 4.39. The molecule has 3 aromatic carbocycles. The number of hydrogen-bond donors (Lipinski definition) is 1. The van der Waals surface area contributed by atoms with Gasteiger partial charge in [-0.2, -0.15) is 0 Å². The Kier molecular flexibility index (Phi) is 6.41. The number of amides is 1. The molecule has 4 rings (SSSR count). The minimum atomic E-state index is -1.05. The molecule has 1 N–H and O–H groups in total. The van der Waals surface area contributed by atoms with Crippen LogP contribution in [0.15, 0.2) is 84.4 Å². The monoisotopic (exact) mass is 472 g/mol. The maximum Gasteiger partial charge on any atom is 0.338 e. The van der Waals surface area contributed by atoms with Gasteiger partial charge in [0.25, 0.3) is 17.4 Å². The normalized spacial score (nSPS) is 16.8. The lowest BCUT2D eigenvalue weighted by Gasteiger charge is -2.25. The number of nitro groups is 1. The molecule has 35 heavy (non-hydrogen) atoms. The van der Waals surface area contributed by atoms with Crippen molar-refractivity contribution in [1.29, 1.82) is 0 Å². The van der Waals surface area contributed by atoms with Gasteiger partial charge in [-0.1, -0.05) is 30.3 Å². The van der Waals surface area contributed by atoms with E-state index in [1.54, 1.807) is 37.3 Å². The van der Waals surface area contributed by atoms with Gasteiger partial charge in [0, 0.05) is 23.4 Å². The van der Waals surface area contributed by atoms with Crippen LogP contribution in [-0.4, -0.2) is 34.3 Å². The molecule has 1 aliphatic heterocycles. The van der Waals surface area contributed by atoms with Crippen LogP contribution < -0.4 is 4.90 Å². The summed E-state index contributed by atoms with van der Waals surface area (Å²) < 4.78 is 4.98. The summed E-state index contributed by atoms with van der Waals surface area (Å²) in [6.07, 6.45) is 0. The summed E-state index contributed by atoms with van der Waals surface area (Å²) in [5.74, 6) is -2.67. The quantitative estimate of drug-likeness (QED) is 0.141. The number of Topliss-reactive ketones (excluding diaryl/α,β-unsaturated/α-hetero) is 1. The van der Waals surface area contributed by atoms with Crippen LogP contribution in [0.4, 0.5) is 11.4 Å². The third-order valence-electron chi connectivity index (χ3n) is 5.57. The number of carbonyl (C=O) groups excluding carboxylic acids is 3. The van der Waals surface area contributed by atoms with Gasteiger partial charge in [0.15, 0.2) is 0 Å². The molecule has 1 aliphatic rings. The van der Waals surface area contributed by atoms with Crippen LogP contribution in [0.2, 0.25) is 0 Å². The summed E-state index contributed by atoms with van der Waals surface area (Å²) >= 11 is 0. The number of carbonyl (C=O) groups is 3. The van der Waals surface area contributed by atoms with E-state index in [0.29, 0.717) is 16.8 Å². The molecule has 0 bridgehead atoms. The molecule has 1 amide bonds. The number of benzene rings is 3. The van der Waals surface area contributed by atoms with E-state index in [2.05, 4.69) is 0 Å². The van der Waals surface area contributed by atoms with Crippen LogP contribution >= 0.6 is 0 Å². The summed E-state index contributed by atoms with van der Waals surface area (Å²) in [7, 11) is 0. The van der Waals surface area contributed by atoms with Crippen LogP contribution in [0.1, 0.15) is 34.5 Å². The number of rotatable bonds is 6. The first kappa shape index (κ1) is 23.4. The van der Waals surface area contributed by atoms with Gasteiger partial charge < -0.3 is 9.84 Å². The number of nitro benzene ring substituents is 1. The number of anilines is 1. The molecular formula is C26H20N2O7. The lowest BCUT2D eigenvalue weighted by atomic mass is 9.95. The summed E-state index contributed by atoms with van der Waals surface area (Å²) in [5, 5.41) is 22.1. The largest absolute Gasteiger partial charge is 0.507 e. The van der Waals surface area contributed by atoms with E-state index in [1.807, 2.05) is 0 Å². The van der Waals surface area contributed by atoms with Crippen molar-refractivity contribution >= 4 is 34.8 Å². The highest BCUT2D eigenvalue weighted by molar-refractivity contribution is 6.51. The third-order valence-corrected chi connectivity index (χ3v) is 5.57. The van der Waals surface area contributed by atoms with Crippen LogP contribution in [0, 0.1) is 10.1 Å². The van der Waals surface area contributed by atoms with E-state index in [0.717, 1.165) is 0 Å². The predicted octanol–water partition coefficient (Wildman–Crippen LogP) is 4.40. The van der Waals surface area contributed by atoms with Gasteiger partial charge in [0.2, 0.25) is 0 Å². The summed E-state index contributed by atoms with van der Waals surface area (Å²) in [5.41, 5.74) is 0.993. The molecule has 3 aromatic rings. The van der Waals surface area contributed by atoms with Crippen molar-refractivity contribution in [3.05, 3.63) is 111 Å². The van der Waals surface area contributed by atoms with Crippen LogP contribution in [0.3, 0.4) is 0 Å². The zero-order valence-electron chi connectivity index (χ0n) is 18.6. The number of hydrogen-bond acceptors (Lipinski definition) is 7. The molecule has 0 saturated carbocycles.